The van der Waals surface area contributed by atoms with Crippen molar-refractivity contribution in [3.63, 3.8) is 0 Å². The molecule has 16 nitrogen and oxygen atoms in total. The standard InChI is InChI=1S/C22H40N8O8/c1-11(2)10-15(20(36)29-14(21(37)38)6-8-17(32)33)30-19(35)13(5-7-16(24)31)28-18(34)12(23)4-3-9-27-22(25)26/h11-15H,3-10,23H2,1-2H3,(H2,24,31)(H,28,34)(H,29,36)(H,30,35)(H,32,33)(H,37,38)(H4,25,26,27). The van der Waals surface area contributed by atoms with Gasteiger partial charge < -0.3 is 49.1 Å². The Hall–Kier alpha value is -3.95. The van der Waals surface area contributed by atoms with E-state index < -0.39 is 66.2 Å². The minimum atomic E-state index is -1.49. The molecule has 0 fully saturated rings. The van der Waals surface area contributed by atoms with E-state index in [1.807, 2.05) is 0 Å². The fourth-order valence-corrected chi connectivity index (χ4v) is 3.26. The third-order valence-electron chi connectivity index (χ3n) is 5.22. The summed E-state index contributed by atoms with van der Waals surface area (Å²) in [5, 5.41) is 25.3. The number of nitrogens with two attached hydrogens (primary N) is 4. The van der Waals surface area contributed by atoms with Gasteiger partial charge in [0.05, 0.1) is 6.04 Å². The first-order chi connectivity index (χ1) is 17.6. The van der Waals surface area contributed by atoms with Gasteiger partial charge in [-0.3, -0.25) is 29.0 Å². The van der Waals surface area contributed by atoms with Crippen molar-refractivity contribution in [1.82, 2.24) is 16.0 Å². The molecule has 4 unspecified atom stereocenters. The number of nitrogens with one attached hydrogen (secondary N) is 3. The van der Waals surface area contributed by atoms with Gasteiger partial charge >= 0.3 is 11.9 Å². The highest BCUT2D eigenvalue weighted by Gasteiger charge is 2.31. The van der Waals surface area contributed by atoms with Crippen LogP contribution in [0.3, 0.4) is 0 Å². The average molecular weight is 545 g/mol. The molecule has 0 aliphatic carbocycles. The highest BCUT2D eigenvalue weighted by molar-refractivity contribution is 5.94. The molecule has 0 aromatic rings. The van der Waals surface area contributed by atoms with Gasteiger partial charge in [0, 0.05) is 19.4 Å². The summed E-state index contributed by atoms with van der Waals surface area (Å²) < 4.78 is 0. The van der Waals surface area contributed by atoms with Crippen LogP contribution in [0.25, 0.3) is 0 Å². The number of hydrogen-bond donors (Lipinski definition) is 9. The van der Waals surface area contributed by atoms with E-state index in [2.05, 4.69) is 20.9 Å². The molecule has 0 spiro atoms. The van der Waals surface area contributed by atoms with Crippen LogP contribution < -0.4 is 38.9 Å². The van der Waals surface area contributed by atoms with E-state index in [1.54, 1.807) is 13.8 Å². The second-order valence-electron chi connectivity index (χ2n) is 9.14. The third-order valence-corrected chi connectivity index (χ3v) is 5.22. The highest BCUT2D eigenvalue weighted by Crippen LogP contribution is 2.09. The van der Waals surface area contributed by atoms with Crippen LogP contribution in [0.4, 0.5) is 0 Å². The maximum Gasteiger partial charge on any atom is 0.326 e. The number of hydrogen-bond acceptors (Lipinski definition) is 8. The number of carboxylic acid groups (broad SMARTS) is 2. The molecule has 0 saturated carbocycles. The van der Waals surface area contributed by atoms with Crippen molar-refractivity contribution in [3.8, 4) is 0 Å². The zero-order valence-electron chi connectivity index (χ0n) is 21.6. The van der Waals surface area contributed by atoms with Crippen molar-refractivity contribution in [3.05, 3.63) is 0 Å². The van der Waals surface area contributed by atoms with E-state index >= 15 is 0 Å². The van der Waals surface area contributed by atoms with Crippen LogP contribution in [0.1, 0.15) is 58.8 Å². The monoisotopic (exact) mass is 544 g/mol. The van der Waals surface area contributed by atoms with Crippen molar-refractivity contribution in [2.24, 2.45) is 33.8 Å². The molecule has 0 heterocycles. The lowest BCUT2D eigenvalue weighted by molar-refractivity contribution is -0.143. The van der Waals surface area contributed by atoms with Crippen molar-refractivity contribution in [1.29, 1.82) is 0 Å². The minimum Gasteiger partial charge on any atom is -0.481 e. The summed E-state index contributed by atoms with van der Waals surface area (Å²) >= 11 is 0. The quantitative estimate of drug-likeness (QED) is 0.0450. The van der Waals surface area contributed by atoms with Crippen molar-refractivity contribution in [2.45, 2.75) is 83.0 Å². The van der Waals surface area contributed by atoms with Gasteiger partial charge in [-0.2, -0.15) is 0 Å². The van der Waals surface area contributed by atoms with E-state index in [-0.39, 0.29) is 50.5 Å². The number of amides is 4. The normalized spacial score (nSPS) is 13.9. The number of primary amides is 1. The highest BCUT2D eigenvalue weighted by atomic mass is 16.4. The molecule has 0 rings (SSSR count). The Morgan fingerprint density at radius 2 is 1.29 bits per heavy atom. The molecular formula is C22H40N8O8. The summed E-state index contributed by atoms with van der Waals surface area (Å²) in [6.45, 7) is 3.77. The minimum absolute atomic E-state index is 0.101. The second-order valence-corrected chi connectivity index (χ2v) is 9.14. The molecule has 38 heavy (non-hydrogen) atoms. The fourth-order valence-electron chi connectivity index (χ4n) is 3.26. The Labute approximate surface area is 220 Å². The molecule has 0 aromatic carbocycles. The zero-order valence-corrected chi connectivity index (χ0v) is 21.6. The van der Waals surface area contributed by atoms with Gasteiger partial charge in [0.1, 0.15) is 18.1 Å². The number of aliphatic carboxylic acids is 2. The number of nitrogens with zero attached hydrogens (tertiary/aromatic N) is 1. The van der Waals surface area contributed by atoms with Crippen molar-refractivity contribution >= 4 is 41.5 Å². The van der Waals surface area contributed by atoms with Crippen molar-refractivity contribution in [2.75, 3.05) is 6.54 Å². The molecule has 0 aliphatic heterocycles. The SMILES string of the molecule is CC(C)CC(NC(=O)C(CCC(N)=O)NC(=O)C(N)CCCN=C(N)N)C(=O)NC(CCC(=O)O)C(=O)O. The largest absolute Gasteiger partial charge is 0.481 e. The summed E-state index contributed by atoms with van der Waals surface area (Å²) in [4.78, 5) is 75.8. The lowest BCUT2D eigenvalue weighted by Gasteiger charge is -2.26. The summed E-state index contributed by atoms with van der Waals surface area (Å²) in [7, 11) is 0. The molecule has 4 atom stereocenters. The van der Waals surface area contributed by atoms with Crippen LogP contribution >= 0.6 is 0 Å². The summed E-state index contributed by atoms with van der Waals surface area (Å²) in [6.07, 6.45) is -0.617. The first kappa shape index (κ1) is 34.0. The Bertz CT molecular complexity index is 875. The molecule has 0 saturated heterocycles. The predicted molar refractivity (Wildman–Crippen MR) is 136 cm³/mol. The van der Waals surface area contributed by atoms with Gasteiger partial charge in [0.2, 0.25) is 23.6 Å². The number of rotatable bonds is 19. The third kappa shape index (κ3) is 15.2. The number of carbonyl (C=O) groups is 6. The van der Waals surface area contributed by atoms with E-state index in [9.17, 15) is 33.9 Å². The van der Waals surface area contributed by atoms with E-state index in [0.717, 1.165) is 0 Å². The van der Waals surface area contributed by atoms with Gasteiger partial charge in [0.25, 0.3) is 0 Å². The molecule has 216 valence electrons. The van der Waals surface area contributed by atoms with Crippen LogP contribution in [-0.4, -0.2) is 82.5 Å². The molecule has 0 radical (unpaired) electrons. The summed E-state index contributed by atoms with van der Waals surface area (Å²) in [6, 6.07) is -5.00. The molecule has 4 amide bonds. The Kier molecular flexibility index (Phi) is 15.7. The number of aliphatic imine (C=N–C) groups is 1. The predicted octanol–water partition coefficient (Wildman–Crippen LogP) is -2.92. The first-order valence-corrected chi connectivity index (χ1v) is 12.1. The lowest BCUT2D eigenvalue weighted by Crippen LogP contribution is -2.57. The number of guanidine groups is 1. The molecule has 0 aliphatic rings. The molecule has 16 heteroatoms. The number of carboxylic acids is 2. The Morgan fingerprint density at radius 1 is 0.763 bits per heavy atom. The molecule has 0 bridgehead atoms. The number of carbonyl (C=O) groups excluding carboxylic acids is 4. The van der Waals surface area contributed by atoms with Crippen LogP contribution in [-0.2, 0) is 28.8 Å². The van der Waals surface area contributed by atoms with Gasteiger partial charge in [-0.15, -0.1) is 0 Å². The Balaban J connectivity index is 5.51. The zero-order chi connectivity index (χ0) is 29.4. The fraction of sp³-hybridized carbons (Fsp3) is 0.682. The van der Waals surface area contributed by atoms with E-state index in [4.69, 9.17) is 28.0 Å². The van der Waals surface area contributed by atoms with Crippen molar-refractivity contribution < 1.29 is 39.0 Å². The van der Waals surface area contributed by atoms with Crippen LogP contribution in [0.5, 0.6) is 0 Å². The van der Waals surface area contributed by atoms with Crippen LogP contribution in [0, 0.1) is 5.92 Å². The maximum atomic E-state index is 13.0. The smallest absolute Gasteiger partial charge is 0.326 e. The van der Waals surface area contributed by atoms with Gasteiger partial charge in [-0.25, -0.2) is 4.79 Å². The summed E-state index contributed by atoms with van der Waals surface area (Å²) in [5.41, 5.74) is 21.5. The molecule has 13 N–H and O–H groups in total. The first-order valence-electron chi connectivity index (χ1n) is 12.1. The maximum absolute atomic E-state index is 13.0. The molecule has 0 aromatic heterocycles. The molecular weight excluding hydrogens is 504 g/mol. The average Bonchev–Trinajstić information content (AvgIpc) is 2.80. The van der Waals surface area contributed by atoms with Gasteiger partial charge in [0.15, 0.2) is 5.96 Å². The van der Waals surface area contributed by atoms with Crippen LogP contribution in [0.2, 0.25) is 0 Å². The lowest BCUT2D eigenvalue weighted by atomic mass is 10.0. The van der Waals surface area contributed by atoms with E-state index in [1.165, 1.54) is 0 Å². The van der Waals surface area contributed by atoms with Crippen LogP contribution in [0.15, 0.2) is 4.99 Å². The van der Waals surface area contributed by atoms with Gasteiger partial charge in [-0.05, 0) is 38.0 Å². The Morgan fingerprint density at radius 3 is 1.79 bits per heavy atom. The topological polar surface area (TPSA) is 295 Å². The van der Waals surface area contributed by atoms with Gasteiger partial charge in [-0.1, -0.05) is 13.8 Å². The van der Waals surface area contributed by atoms with E-state index in [0.29, 0.717) is 6.42 Å². The second kappa shape index (κ2) is 17.5. The summed E-state index contributed by atoms with van der Waals surface area (Å²) in [5.74, 6) is -5.98.